The lowest BCUT2D eigenvalue weighted by atomic mass is 9.74. The normalized spacial score (nSPS) is 29.4. The van der Waals surface area contributed by atoms with Crippen LogP contribution >= 0.6 is 0 Å². The van der Waals surface area contributed by atoms with Crippen molar-refractivity contribution >= 4 is 5.78 Å². The monoisotopic (exact) mass is 283 g/mol. The average molecular weight is 283 g/mol. The Bertz CT molecular complexity index is 344. The minimum absolute atomic E-state index is 0.0994. The molecule has 20 heavy (non-hydrogen) atoms. The van der Waals surface area contributed by atoms with Gasteiger partial charge in [-0.25, -0.2) is 0 Å². The maximum absolute atomic E-state index is 13.0. The van der Waals surface area contributed by atoms with E-state index in [1.165, 1.54) is 0 Å². The standard InChI is InChI=1S/C16H29NO3/c1-5-15(2,17(3)4)14(18)13-6-9-20-16(12-13)7-10-19-11-8-16/h13H,5-12H2,1-4H3. The second-order valence-electron chi connectivity index (χ2n) is 6.72. The minimum Gasteiger partial charge on any atom is -0.381 e. The molecule has 4 nitrogen and oxygen atoms in total. The first-order valence-electron chi connectivity index (χ1n) is 7.87. The van der Waals surface area contributed by atoms with Gasteiger partial charge >= 0.3 is 0 Å². The van der Waals surface area contributed by atoms with Crippen LogP contribution in [0, 0.1) is 5.92 Å². The van der Waals surface area contributed by atoms with Crippen LogP contribution in [0.5, 0.6) is 0 Å². The molecule has 0 amide bonds. The average Bonchev–Trinajstić information content (AvgIpc) is 2.46. The van der Waals surface area contributed by atoms with Gasteiger partial charge in [0.1, 0.15) is 0 Å². The SMILES string of the molecule is CCC(C)(C(=O)C1CCOC2(CCOCC2)C1)N(C)C. The van der Waals surface area contributed by atoms with Gasteiger partial charge in [0.25, 0.3) is 0 Å². The van der Waals surface area contributed by atoms with Crippen LogP contribution in [0.1, 0.15) is 46.0 Å². The van der Waals surface area contributed by atoms with E-state index in [2.05, 4.69) is 18.7 Å². The van der Waals surface area contributed by atoms with Crippen molar-refractivity contribution < 1.29 is 14.3 Å². The lowest BCUT2D eigenvalue weighted by Crippen LogP contribution is -2.54. The maximum atomic E-state index is 13.0. The van der Waals surface area contributed by atoms with E-state index in [9.17, 15) is 4.79 Å². The van der Waals surface area contributed by atoms with Crippen molar-refractivity contribution in [2.45, 2.75) is 57.1 Å². The summed E-state index contributed by atoms with van der Waals surface area (Å²) in [6.07, 6.45) is 4.46. The quantitative estimate of drug-likeness (QED) is 0.793. The molecule has 0 radical (unpaired) electrons. The number of carbonyl (C=O) groups is 1. The highest BCUT2D eigenvalue weighted by molar-refractivity contribution is 5.90. The second kappa shape index (κ2) is 6.12. The largest absolute Gasteiger partial charge is 0.381 e. The molecule has 2 aliphatic heterocycles. The molecular formula is C16H29NO3. The fourth-order valence-electron chi connectivity index (χ4n) is 3.49. The predicted octanol–water partition coefficient (Wildman–Crippen LogP) is 2.26. The summed E-state index contributed by atoms with van der Waals surface area (Å²) in [5.74, 6) is 0.522. The summed E-state index contributed by atoms with van der Waals surface area (Å²) in [6.45, 7) is 6.41. The Hall–Kier alpha value is -0.450. The Morgan fingerprint density at radius 1 is 1.30 bits per heavy atom. The molecule has 2 unspecified atom stereocenters. The predicted molar refractivity (Wildman–Crippen MR) is 78.9 cm³/mol. The highest BCUT2D eigenvalue weighted by Crippen LogP contribution is 2.39. The summed E-state index contributed by atoms with van der Waals surface area (Å²) < 4.78 is 11.5. The van der Waals surface area contributed by atoms with Gasteiger partial charge in [0, 0.05) is 25.7 Å². The number of nitrogens with zero attached hydrogens (tertiary/aromatic N) is 1. The van der Waals surface area contributed by atoms with Gasteiger partial charge in [-0.2, -0.15) is 0 Å². The van der Waals surface area contributed by atoms with Crippen LogP contribution < -0.4 is 0 Å². The van der Waals surface area contributed by atoms with Crippen molar-refractivity contribution in [2.24, 2.45) is 5.92 Å². The van der Waals surface area contributed by atoms with Crippen LogP contribution in [0.2, 0.25) is 0 Å². The molecule has 116 valence electrons. The summed E-state index contributed by atoms with van der Waals surface area (Å²) in [6, 6.07) is 0. The zero-order valence-corrected chi connectivity index (χ0v) is 13.4. The van der Waals surface area contributed by atoms with Gasteiger partial charge in [-0.3, -0.25) is 9.69 Å². The molecule has 4 heteroatoms. The van der Waals surface area contributed by atoms with Gasteiger partial charge in [-0.1, -0.05) is 6.92 Å². The lowest BCUT2D eigenvalue weighted by Gasteiger charge is -2.45. The van der Waals surface area contributed by atoms with E-state index < -0.39 is 0 Å². The second-order valence-corrected chi connectivity index (χ2v) is 6.72. The Labute approximate surface area is 122 Å². The van der Waals surface area contributed by atoms with Crippen molar-refractivity contribution in [3.05, 3.63) is 0 Å². The molecule has 0 aliphatic carbocycles. The van der Waals surface area contributed by atoms with Crippen LogP contribution in [-0.2, 0) is 14.3 Å². The topological polar surface area (TPSA) is 38.8 Å². The van der Waals surface area contributed by atoms with Crippen LogP contribution in [-0.4, -0.2) is 55.7 Å². The number of ketones is 1. The van der Waals surface area contributed by atoms with E-state index in [4.69, 9.17) is 9.47 Å². The third kappa shape index (κ3) is 2.92. The van der Waals surface area contributed by atoms with Gasteiger partial charge < -0.3 is 9.47 Å². The number of rotatable bonds is 4. The first-order valence-corrected chi connectivity index (χ1v) is 7.87. The molecule has 1 spiro atoms. The Morgan fingerprint density at radius 3 is 2.50 bits per heavy atom. The maximum Gasteiger partial charge on any atom is 0.156 e. The molecule has 0 aromatic heterocycles. The van der Waals surface area contributed by atoms with Gasteiger partial charge in [-0.15, -0.1) is 0 Å². The van der Waals surface area contributed by atoms with E-state index >= 15 is 0 Å². The number of Topliss-reactive ketones (excluding diaryl/α,β-unsaturated/α-hetero) is 1. The van der Waals surface area contributed by atoms with Crippen molar-refractivity contribution in [1.29, 1.82) is 0 Å². The molecule has 0 aromatic rings. The minimum atomic E-state index is -0.353. The van der Waals surface area contributed by atoms with Crippen molar-refractivity contribution in [3.63, 3.8) is 0 Å². The van der Waals surface area contributed by atoms with Crippen LogP contribution in [0.4, 0.5) is 0 Å². The Balaban J connectivity index is 2.10. The summed E-state index contributed by atoms with van der Waals surface area (Å²) in [5.41, 5.74) is -0.452. The first-order chi connectivity index (χ1) is 9.43. The lowest BCUT2D eigenvalue weighted by molar-refractivity contribution is -0.162. The van der Waals surface area contributed by atoms with Crippen molar-refractivity contribution in [3.8, 4) is 0 Å². The zero-order valence-electron chi connectivity index (χ0n) is 13.4. The highest BCUT2D eigenvalue weighted by Gasteiger charge is 2.45. The van der Waals surface area contributed by atoms with E-state index in [0.29, 0.717) is 12.4 Å². The van der Waals surface area contributed by atoms with E-state index in [-0.39, 0.29) is 17.1 Å². The number of likely N-dealkylation sites (N-methyl/N-ethyl adjacent to an activating group) is 1. The fourth-order valence-corrected chi connectivity index (χ4v) is 3.49. The van der Waals surface area contributed by atoms with Gasteiger partial charge in [0.2, 0.25) is 0 Å². The van der Waals surface area contributed by atoms with Crippen molar-refractivity contribution in [1.82, 2.24) is 4.90 Å². The Kier molecular flexibility index (Phi) is 4.88. The molecule has 0 bridgehead atoms. The molecule has 2 heterocycles. The van der Waals surface area contributed by atoms with Gasteiger partial charge in [0.05, 0.1) is 11.1 Å². The molecule has 2 rings (SSSR count). The van der Waals surface area contributed by atoms with Gasteiger partial charge in [0.15, 0.2) is 5.78 Å². The summed E-state index contributed by atoms with van der Waals surface area (Å²) in [4.78, 5) is 15.1. The van der Waals surface area contributed by atoms with Crippen molar-refractivity contribution in [2.75, 3.05) is 33.9 Å². The highest BCUT2D eigenvalue weighted by atomic mass is 16.5. The molecule has 0 N–H and O–H groups in total. The molecule has 0 saturated carbocycles. The summed E-state index contributed by atoms with van der Waals surface area (Å²) in [5, 5.41) is 0. The van der Waals surface area contributed by atoms with E-state index in [1.807, 2.05) is 14.1 Å². The van der Waals surface area contributed by atoms with E-state index in [1.54, 1.807) is 0 Å². The third-order valence-corrected chi connectivity index (χ3v) is 5.47. The Morgan fingerprint density at radius 2 is 1.95 bits per heavy atom. The van der Waals surface area contributed by atoms with Crippen LogP contribution in [0.15, 0.2) is 0 Å². The molecule has 2 aliphatic rings. The smallest absolute Gasteiger partial charge is 0.156 e. The molecule has 2 saturated heterocycles. The molecule has 0 aromatic carbocycles. The zero-order chi connectivity index (χ0) is 14.8. The van der Waals surface area contributed by atoms with Crippen LogP contribution in [0.25, 0.3) is 0 Å². The number of carbonyl (C=O) groups excluding carboxylic acids is 1. The van der Waals surface area contributed by atoms with Gasteiger partial charge in [-0.05, 0) is 53.1 Å². The number of ether oxygens (including phenoxy) is 2. The van der Waals surface area contributed by atoms with E-state index in [0.717, 1.165) is 45.3 Å². The number of hydrogen-bond donors (Lipinski definition) is 0. The molecular weight excluding hydrogens is 254 g/mol. The number of hydrogen-bond acceptors (Lipinski definition) is 4. The molecule has 2 atom stereocenters. The summed E-state index contributed by atoms with van der Waals surface area (Å²) in [7, 11) is 4.01. The third-order valence-electron chi connectivity index (χ3n) is 5.47. The first kappa shape index (κ1) is 15.9. The van der Waals surface area contributed by atoms with Crippen LogP contribution in [0.3, 0.4) is 0 Å². The fraction of sp³-hybridized carbons (Fsp3) is 0.938. The molecule has 2 fully saturated rings. The summed E-state index contributed by atoms with van der Waals surface area (Å²) >= 11 is 0.